The van der Waals surface area contributed by atoms with Crippen molar-refractivity contribution in [2.45, 2.75) is 33.4 Å². The number of benzene rings is 3. The van der Waals surface area contributed by atoms with E-state index in [-0.39, 0.29) is 0 Å². The Bertz CT molecular complexity index is 809. The smallest absolute Gasteiger partial charge is 0.127 e. The molecule has 0 saturated carbocycles. The second kappa shape index (κ2) is 8.00. The minimum atomic E-state index is 0.320. The van der Waals surface area contributed by atoms with Gasteiger partial charge >= 0.3 is 0 Å². The van der Waals surface area contributed by atoms with Crippen LogP contribution in [0.25, 0.3) is 0 Å². The molecule has 0 aliphatic heterocycles. The summed E-state index contributed by atoms with van der Waals surface area (Å²) in [4.78, 5) is 0. The van der Waals surface area contributed by atoms with Crippen LogP contribution in [0, 0.1) is 13.8 Å². The van der Waals surface area contributed by atoms with Crippen LogP contribution >= 0.6 is 0 Å². The molecule has 1 atom stereocenters. The van der Waals surface area contributed by atoms with Crippen molar-refractivity contribution in [1.82, 2.24) is 5.32 Å². The van der Waals surface area contributed by atoms with Crippen LogP contribution in [0.15, 0.2) is 72.8 Å². The Morgan fingerprint density at radius 3 is 2.20 bits per heavy atom. The number of para-hydroxylation sites is 1. The van der Waals surface area contributed by atoms with Gasteiger partial charge in [-0.3, -0.25) is 0 Å². The molecule has 0 aliphatic carbocycles. The lowest BCUT2D eigenvalue weighted by Gasteiger charge is -2.17. The summed E-state index contributed by atoms with van der Waals surface area (Å²) in [6.45, 7) is 7.36. The Labute approximate surface area is 150 Å². The molecule has 0 aliphatic rings. The van der Waals surface area contributed by atoms with Crippen molar-refractivity contribution in [3.05, 3.63) is 95.1 Å². The quantitative estimate of drug-likeness (QED) is 0.603. The van der Waals surface area contributed by atoms with Crippen molar-refractivity contribution in [2.75, 3.05) is 0 Å². The monoisotopic (exact) mass is 331 g/mol. The van der Waals surface area contributed by atoms with Crippen LogP contribution in [-0.2, 0) is 6.54 Å². The van der Waals surface area contributed by atoms with E-state index in [0.717, 1.165) is 18.0 Å². The van der Waals surface area contributed by atoms with Crippen molar-refractivity contribution in [3.8, 4) is 11.5 Å². The lowest BCUT2D eigenvalue weighted by atomic mass is 10.00. The Morgan fingerprint density at radius 2 is 1.52 bits per heavy atom. The lowest BCUT2D eigenvalue weighted by molar-refractivity contribution is 0.482. The molecule has 25 heavy (non-hydrogen) atoms. The highest BCUT2D eigenvalue weighted by Gasteiger charge is 2.08. The molecule has 0 fully saturated rings. The molecule has 0 heterocycles. The average Bonchev–Trinajstić information content (AvgIpc) is 2.62. The van der Waals surface area contributed by atoms with Gasteiger partial charge in [0.2, 0.25) is 0 Å². The SMILES string of the molecule is Cc1ccc(C(C)NCc2ccc(Oc3ccccc3)cc2)c(C)c1. The van der Waals surface area contributed by atoms with Gasteiger partial charge in [-0.2, -0.15) is 0 Å². The summed E-state index contributed by atoms with van der Waals surface area (Å²) in [5, 5.41) is 3.60. The molecule has 0 saturated heterocycles. The van der Waals surface area contributed by atoms with E-state index in [1.807, 2.05) is 42.5 Å². The van der Waals surface area contributed by atoms with Gasteiger partial charge in [0, 0.05) is 12.6 Å². The van der Waals surface area contributed by atoms with Crippen molar-refractivity contribution in [3.63, 3.8) is 0 Å². The van der Waals surface area contributed by atoms with E-state index >= 15 is 0 Å². The molecule has 128 valence electrons. The molecule has 1 unspecified atom stereocenters. The van der Waals surface area contributed by atoms with Gasteiger partial charge in [0.05, 0.1) is 0 Å². The topological polar surface area (TPSA) is 21.3 Å². The van der Waals surface area contributed by atoms with Crippen LogP contribution in [0.5, 0.6) is 11.5 Å². The molecular weight excluding hydrogens is 306 g/mol. The fraction of sp³-hybridized carbons (Fsp3) is 0.217. The van der Waals surface area contributed by atoms with Crippen molar-refractivity contribution < 1.29 is 4.74 Å². The van der Waals surface area contributed by atoms with Crippen molar-refractivity contribution >= 4 is 0 Å². The predicted molar refractivity (Wildman–Crippen MR) is 104 cm³/mol. The van der Waals surface area contributed by atoms with E-state index in [1.54, 1.807) is 0 Å². The van der Waals surface area contributed by atoms with Gasteiger partial charge in [-0.25, -0.2) is 0 Å². The van der Waals surface area contributed by atoms with Gasteiger partial charge < -0.3 is 10.1 Å². The van der Waals surface area contributed by atoms with E-state index in [0.29, 0.717) is 6.04 Å². The predicted octanol–water partition coefficient (Wildman–Crippen LogP) is 5.95. The maximum atomic E-state index is 5.83. The molecule has 0 bridgehead atoms. The third-order valence-electron chi connectivity index (χ3n) is 4.41. The molecule has 0 aromatic heterocycles. The summed E-state index contributed by atoms with van der Waals surface area (Å²) >= 11 is 0. The van der Waals surface area contributed by atoms with Gasteiger partial charge in [0.15, 0.2) is 0 Å². The van der Waals surface area contributed by atoms with Gasteiger partial charge in [0.25, 0.3) is 0 Å². The molecule has 3 aromatic rings. The van der Waals surface area contributed by atoms with Gasteiger partial charge in [-0.1, -0.05) is 54.1 Å². The molecule has 3 rings (SSSR count). The number of nitrogens with one attached hydrogen (secondary N) is 1. The van der Waals surface area contributed by atoms with Crippen LogP contribution in [0.2, 0.25) is 0 Å². The van der Waals surface area contributed by atoms with Crippen LogP contribution in [-0.4, -0.2) is 0 Å². The van der Waals surface area contributed by atoms with E-state index in [1.165, 1.54) is 22.3 Å². The first kappa shape index (κ1) is 17.2. The summed E-state index contributed by atoms with van der Waals surface area (Å²) < 4.78 is 5.83. The molecule has 0 amide bonds. The van der Waals surface area contributed by atoms with Crippen LogP contribution in [0.1, 0.15) is 35.2 Å². The minimum absolute atomic E-state index is 0.320. The highest BCUT2D eigenvalue weighted by atomic mass is 16.5. The summed E-state index contributed by atoms with van der Waals surface area (Å²) in [6, 6.07) is 25.1. The van der Waals surface area contributed by atoms with Gasteiger partial charge in [-0.15, -0.1) is 0 Å². The molecule has 2 nitrogen and oxygen atoms in total. The molecular formula is C23H25NO. The standard InChI is InChI=1S/C23H25NO/c1-17-9-14-23(18(2)15-17)19(3)24-16-20-10-12-22(13-11-20)25-21-7-5-4-6-8-21/h4-15,19,24H,16H2,1-3H3. The van der Waals surface area contributed by atoms with Gasteiger partial charge in [0.1, 0.15) is 11.5 Å². The third kappa shape index (κ3) is 4.71. The Hall–Kier alpha value is -2.58. The number of ether oxygens (including phenoxy) is 1. The van der Waals surface area contributed by atoms with Crippen molar-refractivity contribution in [2.24, 2.45) is 0 Å². The summed E-state index contributed by atoms with van der Waals surface area (Å²) in [7, 11) is 0. The molecule has 0 spiro atoms. The number of hydrogen-bond acceptors (Lipinski definition) is 2. The minimum Gasteiger partial charge on any atom is -0.457 e. The van der Waals surface area contributed by atoms with Crippen LogP contribution in [0.3, 0.4) is 0 Å². The molecule has 1 N–H and O–H groups in total. The summed E-state index contributed by atoms with van der Waals surface area (Å²) in [5.41, 5.74) is 5.25. The molecule has 3 aromatic carbocycles. The molecule has 0 radical (unpaired) electrons. The highest BCUT2D eigenvalue weighted by molar-refractivity contribution is 5.34. The first-order valence-corrected chi connectivity index (χ1v) is 8.74. The van der Waals surface area contributed by atoms with E-state index in [9.17, 15) is 0 Å². The Balaban J connectivity index is 1.58. The van der Waals surface area contributed by atoms with E-state index < -0.39 is 0 Å². The second-order valence-electron chi connectivity index (χ2n) is 6.52. The van der Waals surface area contributed by atoms with Crippen LogP contribution in [0.4, 0.5) is 0 Å². The maximum absolute atomic E-state index is 5.83. The zero-order valence-electron chi connectivity index (χ0n) is 15.1. The maximum Gasteiger partial charge on any atom is 0.127 e. The zero-order valence-corrected chi connectivity index (χ0v) is 15.1. The summed E-state index contributed by atoms with van der Waals surface area (Å²) in [6.07, 6.45) is 0. The average molecular weight is 331 g/mol. The molecule has 2 heteroatoms. The lowest BCUT2D eigenvalue weighted by Crippen LogP contribution is -2.18. The van der Waals surface area contributed by atoms with Crippen LogP contribution < -0.4 is 10.1 Å². The fourth-order valence-electron chi connectivity index (χ4n) is 2.99. The van der Waals surface area contributed by atoms with E-state index in [4.69, 9.17) is 4.74 Å². The Morgan fingerprint density at radius 1 is 0.840 bits per heavy atom. The largest absolute Gasteiger partial charge is 0.457 e. The number of aryl methyl sites for hydroxylation is 2. The first-order chi connectivity index (χ1) is 12.1. The first-order valence-electron chi connectivity index (χ1n) is 8.74. The van der Waals surface area contributed by atoms with Crippen molar-refractivity contribution in [1.29, 1.82) is 0 Å². The number of rotatable bonds is 6. The number of hydrogen-bond donors (Lipinski definition) is 1. The highest BCUT2D eigenvalue weighted by Crippen LogP contribution is 2.22. The normalized spacial score (nSPS) is 12.0. The zero-order chi connectivity index (χ0) is 17.6. The second-order valence-corrected chi connectivity index (χ2v) is 6.52. The Kier molecular flexibility index (Phi) is 5.52. The fourth-order valence-corrected chi connectivity index (χ4v) is 2.99. The van der Waals surface area contributed by atoms with E-state index in [2.05, 4.69) is 56.4 Å². The van der Waals surface area contributed by atoms with Gasteiger partial charge in [-0.05, 0) is 61.7 Å². The summed E-state index contributed by atoms with van der Waals surface area (Å²) in [5.74, 6) is 1.72. The third-order valence-corrected chi connectivity index (χ3v) is 4.41.